The molecular formula is C12H14N2O4S. The molecule has 6 nitrogen and oxygen atoms in total. The molecule has 0 fully saturated rings. The van der Waals surface area contributed by atoms with E-state index in [2.05, 4.69) is 5.16 Å². The third-order valence-corrected chi connectivity index (χ3v) is 3.58. The average molecular weight is 282 g/mol. The van der Waals surface area contributed by atoms with Gasteiger partial charge < -0.3 is 15.0 Å². The number of rotatable bonds is 5. The van der Waals surface area contributed by atoms with Crippen LogP contribution in [0.5, 0.6) is 5.75 Å². The summed E-state index contributed by atoms with van der Waals surface area (Å²) < 4.78 is 33.0. The minimum Gasteiger partial charge on any atom is -0.486 e. The lowest BCUT2D eigenvalue weighted by molar-refractivity contribution is 0.248. The molecule has 0 atom stereocenters. The molecule has 0 radical (unpaired) electrons. The smallest absolute Gasteiger partial charge is 0.175 e. The molecule has 0 aliphatic rings. The largest absolute Gasteiger partial charge is 0.486 e. The zero-order valence-electron chi connectivity index (χ0n) is 10.4. The Morgan fingerprint density at radius 2 is 2.00 bits per heavy atom. The Balaban J connectivity index is 2.00. The number of nitrogens with two attached hydrogens (primary N) is 1. The van der Waals surface area contributed by atoms with E-state index in [0.29, 0.717) is 23.7 Å². The molecule has 19 heavy (non-hydrogen) atoms. The SMILES string of the molecule is CS(=O)(=O)c1ccc(OCc2cc(CN)no2)cc1. The lowest BCUT2D eigenvalue weighted by Gasteiger charge is -2.04. The molecule has 0 spiro atoms. The normalized spacial score (nSPS) is 11.5. The second-order valence-corrected chi connectivity index (χ2v) is 6.04. The molecule has 0 bridgehead atoms. The first kappa shape index (κ1) is 13.6. The number of ether oxygens (including phenoxy) is 1. The summed E-state index contributed by atoms with van der Waals surface area (Å²) in [5, 5.41) is 3.73. The summed E-state index contributed by atoms with van der Waals surface area (Å²) in [5.74, 6) is 1.12. The van der Waals surface area contributed by atoms with E-state index in [1.54, 1.807) is 18.2 Å². The van der Waals surface area contributed by atoms with Crippen molar-refractivity contribution in [3.63, 3.8) is 0 Å². The van der Waals surface area contributed by atoms with Gasteiger partial charge in [0.25, 0.3) is 0 Å². The average Bonchev–Trinajstić information content (AvgIpc) is 2.84. The Labute approximate surface area is 111 Å². The van der Waals surface area contributed by atoms with Gasteiger partial charge in [0.15, 0.2) is 15.6 Å². The summed E-state index contributed by atoms with van der Waals surface area (Å²) in [4.78, 5) is 0.255. The zero-order chi connectivity index (χ0) is 13.9. The van der Waals surface area contributed by atoms with Gasteiger partial charge in [-0.2, -0.15) is 0 Å². The maximum atomic E-state index is 11.3. The second-order valence-electron chi connectivity index (χ2n) is 4.02. The van der Waals surface area contributed by atoms with Crippen LogP contribution in [0.15, 0.2) is 39.8 Å². The summed E-state index contributed by atoms with van der Waals surface area (Å²) in [5.41, 5.74) is 6.07. The lowest BCUT2D eigenvalue weighted by Crippen LogP contribution is -1.98. The van der Waals surface area contributed by atoms with Crippen molar-refractivity contribution in [3.05, 3.63) is 41.8 Å². The molecule has 2 rings (SSSR count). The van der Waals surface area contributed by atoms with E-state index in [9.17, 15) is 8.42 Å². The van der Waals surface area contributed by atoms with Gasteiger partial charge in [0.1, 0.15) is 12.4 Å². The lowest BCUT2D eigenvalue weighted by atomic mass is 10.3. The van der Waals surface area contributed by atoms with Crippen molar-refractivity contribution in [3.8, 4) is 5.75 Å². The van der Waals surface area contributed by atoms with E-state index in [-0.39, 0.29) is 11.5 Å². The zero-order valence-corrected chi connectivity index (χ0v) is 11.2. The fourth-order valence-corrected chi connectivity index (χ4v) is 2.09. The monoisotopic (exact) mass is 282 g/mol. The van der Waals surface area contributed by atoms with E-state index in [1.807, 2.05) is 0 Å². The molecule has 0 unspecified atom stereocenters. The van der Waals surface area contributed by atoms with Crippen LogP contribution in [0.2, 0.25) is 0 Å². The molecule has 102 valence electrons. The molecule has 1 aromatic carbocycles. The molecule has 0 saturated heterocycles. The van der Waals surface area contributed by atoms with Gasteiger partial charge >= 0.3 is 0 Å². The maximum absolute atomic E-state index is 11.3. The van der Waals surface area contributed by atoms with Crippen LogP contribution in [-0.4, -0.2) is 19.8 Å². The molecular weight excluding hydrogens is 268 g/mol. The third-order valence-electron chi connectivity index (χ3n) is 2.45. The topological polar surface area (TPSA) is 95.4 Å². The Bertz CT molecular complexity index is 647. The summed E-state index contributed by atoms with van der Waals surface area (Å²) in [6, 6.07) is 7.89. The van der Waals surface area contributed by atoms with Crippen molar-refractivity contribution in [1.82, 2.24) is 5.16 Å². The van der Waals surface area contributed by atoms with E-state index >= 15 is 0 Å². The first-order chi connectivity index (χ1) is 8.99. The molecule has 0 amide bonds. The second kappa shape index (κ2) is 5.41. The van der Waals surface area contributed by atoms with Gasteiger partial charge in [0, 0.05) is 18.9 Å². The van der Waals surface area contributed by atoms with E-state index in [1.165, 1.54) is 12.1 Å². The minimum atomic E-state index is -3.18. The quantitative estimate of drug-likeness (QED) is 0.882. The molecule has 2 aromatic rings. The van der Waals surface area contributed by atoms with Crippen LogP contribution in [0.3, 0.4) is 0 Å². The van der Waals surface area contributed by atoms with Crippen LogP contribution in [-0.2, 0) is 23.0 Å². The molecule has 7 heteroatoms. The van der Waals surface area contributed by atoms with Crippen LogP contribution >= 0.6 is 0 Å². The number of aromatic nitrogens is 1. The number of benzene rings is 1. The van der Waals surface area contributed by atoms with Gasteiger partial charge in [-0.25, -0.2) is 8.42 Å². The van der Waals surface area contributed by atoms with Crippen LogP contribution in [0.1, 0.15) is 11.5 Å². The molecule has 0 aliphatic heterocycles. The van der Waals surface area contributed by atoms with Crippen molar-refractivity contribution < 1.29 is 17.7 Å². The third kappa shape index (κ3) is 3.55. The Kier molecular flexibility index (Phi) is 3.87. The van der Waals surface area contributed by atoms with Gasteiger partial charge in [-0.15, -0.1) is 0 Å². The fraction of sp³-hybridized carbons (Fsp3) is 0.250. The number of hydrogen-bond acceptors (Lipinski definition) is 6. The summed E-state index contributed by atoms with van der Waals surface area (Å²) in [6.07, 6.45) is 1.16. The van der Waals surface area contributed by atoms with Gasteiger partial charge in [-0.1, -0.05) is 5.16 Å². The van der Waals surface area contributed by atoms with Crippen molar-refractivity contribution in [1.29, 1.82) is 0 Å². The van der Waals surface area contributed by atoms with Crippen molar-refractivity contribution in [2.75, 3.05) is 6.26 Å². The van der Waals surface area contributed by atoms with E-state index < -0.39 is 9.84 Å². The summed E-state index contributed by atoms with van der Waals surface area (Å²) in [7, 11) is -3.18. The standard InChI is InChI=1S/C12H14N2O4S/c1-19(15,16)12-4-2-10(3-5-12)17-8-11-6-9(7-13)14-18-11/h2-6H,7-8,13H2,1H3. The molecule has 0 saturated carbocycles. The van der Waals surface area contributed by atoms with Crippen LogP contribution < -0.4 is 10.5 Å². The summed E-state index contributed by atoms with van der Waals surface area (Å²) >= 11 is 0. The highest BCUT2D eigenvalue weighted by atomic mass is 32.2. The van der Waals surface area contributed by atoms with Crippen molar-refractivity contribution in [2.45, 2.75) is 18.0 Å². The van der Waals surface area contributed by atoms with Gasteiger partial charge in [0.05, 0.1) is 10.6 Å². The molecule has 0 aliphatic carbocycles. The van der Waals surface area contributed by atoms with Gasteiger partial charge in [0.2, 0.25) is 0 Å². The van der Waals surface area contributed by atoms with Gasteiger partial charge in [-0.05, 0) is 24.3 Å². The predicted molar refractivity (Wildman–Crippen MR) is 68.3 cm³/mol. The molecule has 1 heterocycles. The molecule has 1 aromatic heterocycles. The van der Waals surface area contributed by atoms with E-state index in [0.717, 1.165) is 6.26 Å². The first-order valence-electron chi connectivity index (χ1n) is 5.56. The van der Waals surface area contributed by atoms with Crippen molar-refractivity contribution in [2.24, 2.45) is 5.73 Å². The predicted octanol–water partition coefficient (Wildman–Crippen LogP) is 1.12. The van der Waals surface area contributed by atoms with Crippen LogP contribution in [0, 0.1) is 0 Å². The van der Waals surface area contributed by atoms with E-state index in [4.69, 9.17) is 15.0 Å². The van der Waals surface area contributed by atoms with Crippen LogP contribution in [0.25, 0.3) is 0 Å². The Hall–Kier alpha value is -1.86. The first-order valence-corrected chi connectivity index (χ1v) is 7.45. The maximum Gasteiger partial charge on any atom is 0.175 e. The summed E-state index contributed by atoms with van der Waals surface area (Å²) in [6.45, 7) is 0.526. The minimum absolute atomic E-state index is 0.214. The highest BCUT2D eigenvalue weighted by Gasteiger charge is 2.07. The molecule has 2 N–H and O–H groups in total. The number of sulfone groups is 1. The highest BCUT2D eigenvalue weighted by molar-refractivity contribution is 7.90. The Morgan fingerprint density at radius 1 is 1.32 bits per heavy atom. The highest BCUT2D eigenvalue weighted by Crippen LogP contribution is 2.17. The fourth-order valence-electron chi connectivity index (χ4n) is 1.46. The van der Waals surface area contributed by atoms with Gasteiger partial charge in [-0.3, -0.25) is 0 Å². The number of hydrogen-bond donors (Lipinski definition) is 1. The Morgan fingerprint density at radius 3 is 2.53 bits per heavy atom. The number of nitrogens with zero attached hydrogens (tertiary/aromatic N) is 1. The van der Waals surface area contributed by atoms with Crippen molar-refractivity contribution >= 4 is 9.84 Å². The van der Waals surface area contributed by atoms with Crippen LogP contribution in [0.4, 0.5) is 0 Å².